The van der Waals surface area contributed by atoms with Gasteiger partial charge in [0.2, 0.25) is 0 Å². The van der Waals surface area contributed by atoms with Gasteiger partial charge in [0, 0.05) is 116 Å². The summed E-state index contributed by atoms with van der Waals surface area (Å²) in [6.07, 6.45) is 6.23. The molecule has 12 aromatic rings. The second-order valence-electron chi connectivity index (χ2n) is 17.7. The zero-order valence-electron chi connectivity index (χ0n) is 64.8. The molecule has 0 fully saturated rings. The summed E-state index contributed by atoms with van der Waals surface area (Å²) < 4.78 is 158. The van der Waals surface area contributed by atoms with Crippen LogP contribution in [0.3, 0.4) is 0 Å². The zero-order chi connectivity index (χ0) is 71.5. The van der Waals surface area contributed by atoms with Crippen molar-refractivity contribution in [3.8, 4) is 89.5 Å². The molecule has 0 aliphatic carbocycles. The first-order chi connectivity index (χ1) is 46.4. The van der Waals surface area contributed by atoms with Gasteiger partial charge >= 0.3 is 0 Å². The van der Waals surface area contributed by atoms with Gasteiger partial charge in [0.25, 0.3) is 0 Å². The Bertz CT molecular complexity index is 4920. The van der Waals surface area contributed by atoms with Crippen molar-refractivity contribution < 1.29 is 108 Å². The molecule has 0 N–H and O–H groups in total. The van der Waals surface area contributed by atoms with Crippen molar-refractivity contribution in [2.45, 2.75) is 41.5 Å². The largest absolute Gasteiger partial charge is 0.305 e. The van der Waals surface area contributed by atoms with E-state index >= 15 is 0 Å². The summed E-state index contributed by atoms with van der Waals surface area (Å²) in [5, 5.41) is 0. The molecule has 4 heterocycles. The van der Waals surface area contributed by atoms with Crippen LogP contribution in [0.5, 0.6) is 0 Å². The average molecular weight is 1790 g/mol. The van der Waals surface area contributed by atoms with Crippen molar-refractivity contribution in [3.63, 3.8) is 0 Å². The molecule has 8 aromatic carbocycles. The van der Waals surface area contributed by atoms with Crippen molar-refractivity contribution in [1.29, 1.82) is 0 Å². The Kier molecular flexibility index (Phi) is 16.9. The van der Waals surface area contributed by atoms with E-state index in [1.165, 1.54) is 6.20 Å². The third-order valence-electron chi connectivity index (χ3n) is 11.7. The summed E-state index contributed by atoms with van der Waals surface area (Å²) in [7, 11) is 0. The van der Waals surface area contributed by atoms with Gasteiger partial charge in [-0.1, -0.05) is 179 Å². The minimum absolute atomic E-state index is 0. The van der Waals surface area contributed by atoms with Crippen LogP contribution in [0.15, 0.2) is 255 Å². The number of hydrogen-bond acceptors (Lipinski definition) is 4. The second-order valence-corrected chi connectivity index (χ2v) is 17.7. The molecule has 0 unspecified atom stereocenters. The van der Waals surface area contributed by atoms with Gasteiger partial charge in [0.15, 0.2) is 0 Å². The summed E-state index contributed by atoms with van der Waals surface area (Å²) in [4.78, 5) is 17.5. The molecule has 0 aliphatic heterocycles. The van der Waals surface area contributed by atoms with E-state index in [9.17, 15) is 0 Å². The SMILES string of the molecule is [2H]c1c([2H])c([2H])c(-c2ccc(-c3[c-]c(C)cc(C)c3)nc2)c([2H])c1[2H].[2H]c1c([2H])c([2H])c(-c2ccnc(-c3[c-]cccc3)c2)c([2H])c1[2H].[2H]c1c([2H])c([2H])c(-c2cnc(-c3[c-]c(C)cc(C)c3)cc2C)c([2H])c1[2H].[2H]c1c([2H])c([2H])c(-c2cnc(-c3[c-]cccc3)cc2C)c([2H])c1[2H].[Ir].[Ir].[Ir].[Ir]. The molecule has 4 nitrogen and oxygen atoms in total. The Morgan fingerprint density at radius 2 is 0.732 bits per heavy atom. The number of hydrogen-bond donors (Lipinski definition) is 0. The predicted octanol–water partition coefficient (Wildman–Crippen LogP) is 18.7. The molecular weight excluding hydrogens is 1710 g/mol. The number of benzene rings is 8. The van der Waals surface area contributed by atoms with Gasteiger partial charge in [0.1, 0.15) is 0 Å². The first-order valence-electron chi connectivity index (χ1n) is 34.5. The normalized spacial score (nSPS) is 13.3. The fourth-order valence-electron chi connectivity index (χ4n) is 8.09. The van der Waals surface area contributed by atoms with Crippen LogP contribution >= 0.6 is 0 Å². The summed E-state index contributed by atoms with van der Waals surface area (Å²) in [6, 6.07) is 40.0. The molecule has 0 atom stereocenters. The maximum Gasteiger partial charge on any atom is 0.0629 e. The van der Waals surface area contributed by atoms with Gasteiger partial charge in [-0.05, 0) is 87.2 Å². The Balaban J connectivity index is 0.000000242. The van der Waals surface area contributed by atoms with Crippen molar-refractivity contribution in [2.75, 3.05) is 0 Å². The second kappa shape index (κ2) is 33.2. The molecule has 0 saturated carbocycles. The molecule has 4 radical (unpaired) electrons. The van der Waals surface area contributed by atoms with E-state index in [1.54, 1.807) is 55.0 Å². The van der Waals surface area contributed by atoms with Gasteiger partial charge in [0.05, 0.1) is 27.4 Å². The van der Waals surface area contributed by atoms with E-state index in [4.69, 9.17) is 27.4 Å². The maximum atomic E-state index is 8.14. The summed E-state index contributed by atoms with van der Waals surface area (Å²) in [6.45, 7) is 11.7. The zero-order valence-corrected chi connectivity index (χ0v) is 54.4. The van der Waals surface area contributed by atoms with Gasteiger partial charge in [-0.3, -0.25) is 0 Å². The Morgan fingerprint density at radius 3 is 1.13 bits per heavy atom. The number of aromatic nitrogens is 4. The summed E-state index contributed by atoms with van der Waals surface area (Å²) in [5.74, 6) is 0. The predicted molar refractivity (Wildman–Crippen MR) is 324 cm³/mol. The van der Waals surface area contributed by atoms with E-state index < -0.39 is 24.2 Å². The van der Waals surface area contributed by atoms with Gasteiger partial charge in [-0.15, -0.1) is 142 Å². The minimum atomic E-state index is -0.395. The molecule has 416 valence electrons. The molecule has 0 aliphatic rings. The fourth-order valence-corrected chi connectivity index (χ4v) is 8.09. The minimum Gasteiger partial charge on any atom is -0.305 e. The monoisotopic (exact) mass is 1800 g/mol. The quantitative estimate of drug-likeness (QED) is 0.142. The summed E-state index contributed by atoms with van der Waals surface area (Å²) in [5.41, 5.74) is 14.8. The molecular formula is C74H60Ir4N4-4. The maximum absolute atomic E-state index is 8.14. The van der Waals surface area contributed by atoms with Crippen molar-refractivity contribution in [3.05, 3.63) is 312 Å². The van der Waals surface area contributed by atoms with Crippen LogP contribution in [0.1, 0.15) is 60.8 Å². The smallest absolute Gasteiger partial charge is 0.0629 e. The van der Waals surface area contributed by atoms with E-state index in [1.807, 2.05) is 114 Å². The van der Waals surface area contributed by atoms with Crippen LogP contribution in [-0.2, 0) is 80.4 Å². The van der Waals surface area contributed by atoms with Gasteiger partial charge in [-0.25, -0.2) is 0 Å². The van der Waals surface area contributed by atoms with Crippen LogP contribution in [0.4, 0.5) is 0 Å². The Morgan fingerprint density at radius 1 is 0.329 bits per heavy atom. The molecule has 0 bridgehead atoms. The Labute approximate surface area is 567 Å². The van der Waals surface area contributed by atoms with E-state index in [0.29, 0.717) is 27.9 Å². The molecule has 8 heteroatoms. The third-order valence-corrected chi connectivity index (χ3v) is 11.7. The Hall–Kier alpha value is -7.04. The van der Waals surface area contributed by atoms with Crippen LogP contribution in [0, 0.1) is 65.8 Å². The van der Waals surface area contributed by atoms with Crippen molar-refractivity contribution in [1.82, 2.24) is 19.9 Å². The van der Waals surface area contributed by atoms with Crippen molar-refractivity contribution >= 4 is 0 Å². The summed E-state index contributed by atoms with van der Waals surface area (Å²) >= 11 is 0. The first-order valence-corrected chi connectivity index (χ1v) is 24.5. The van der Waals surface area contributed by atoms with Crippen molar-refractivity contribution in [2.24, 2.45) is 0 Å². The van der Waals surface area contributed by atoms with Crippen LogP contribution < -0.4 is 0 Å². The molecule has 12 rings (SSSR count). The number of rotatable bonds is 8. The molecule has 0 amide bonds. The number of pyridine rings is 4. The molecule has 0 spiro atoms. The standard InChI is InChI=1S/C20H18N.C19H16N.C18H14N.C17H12N.4Ir/c1-14-9-15(2)11-18(10-14)20-12-16(3)19(13-21-20)17-7-5-4-6-8-17;1-14-10-15(2)12-18(11-14)19-9-8-17(13-20-19)16-6-4-3-5-7-16;1-14-12-18(16-10-6-3-7-11-16)19-13-17(14)15-8-4-2-5-9-15;1-3-7-14(8-4-1)16-11-12-18-17(13-16)15-9-5-2-6-10-15;;;;/h4-10,12-13H,1-3H3;3-11,13H,1-2H3;2-10,12-13H,1H3;1-9,11-13H;;;;/q4*-1;;;;/i4D,5D,6D,7D,8D;3D,4D,5D,6D,7D;2D,4D,5D,8D,9D;1D,3D,4D,7D,8D;;;;. The van der Waals surface area contributed by atoms with Gasteiger partial charge < -0.3 is 19.9 Å². The topological polar surface area (TPSA) is 51.6 Å². The average Bonchev–Trinajstić information content (AvgIpc) is 0.787. The number of nitrogens with zero attached hydrogens (tertiary/aromatic N) is 4. The number of aryl methyl sites for hydroxylation is 6. The fraction of sp³-hybridized carbons (Fsp3) is 0.0811. The van der Waals surface area contributed by atoms with Crippen LogP contribution in [-0.4, -0.2) is 19.9 Å². The third kappa shape index (κ3) is 18.5. The van der Waals surface area contributed by atoms with Crippen LogP contribution in [0.25, 0.3) is 89.5 Å². The van der Waals surface area contributed by atoms with E-state index in [-0.39, 0.29) is 199 Å². The van der Waals surface area contributed by atoms with Gasteiger partial charge in [-0.2, -0.15) is 0 Å². The van der Waals surface area contributed by atoms with E-state index in [0.717, 1.165) is 72.7 Å². The van der Waals surface area contributed by atoms with E-state index in [2.05, 4.69) is 44.2 Å². The molecule has 0 saturated heterocycles. The first kappa shape index (κ1) is 41.9. The molecule has 82 heavy (non-hydrogen) atoms. The molecule has 4 aromatic heterocycles. The van der Waals surface area contributed by atoms with Crippen LogP contribution in [0.2, 0.25) is 0 Å².